The van der Waals surface area contributed by atoms with Crippen molar-refractivity contribution in [3.63, 3.8) is 0 Å². The van der Waals surface area contributed by atoms with Crippen LogP contribution in [0.2, 0.25) is 0 Å². The predicted molar refractivity (Wildman–Crippen MR) is 124 cm³/mol. The van der Waals surface area contributed by atoms with E-state index in [2.05, 4.69) is 34.7 Å². The fourth-order valence-electron chi connectivity index (χ4n) is 2.63. The molecule has 2 N–H and O–H groups in total. The molecule has 0 aliphatic rings. The van der Waals surface area contributed by atoms with Crippen molar-refractivity contribution in [2.45, 2.75) is 60.0 Å². The molecule has 0 aliphatic carbocycles. The molecule has 0 unspecified atom stereocenters. The van der Waals surface area contributed by atoms with Gasteiger partial charge in [0.15, 0.2) is 0 Å². The normalized spacial score (nSPS) is 10.3. The molecular formula is C24H34N4O3. The van der Waals surface area contributed by atoms with Gasteiger partial charge in [0.05, 0.1) is 24.3 Å². The third-order valence-electron chi connectivity index (χ3n) is 4.22. The topological polar surface area (TPSA) is 93.1 Å². The third-order valence-corrected chi connectivity index (χ3v) is 4.22. The molecule has 0 spiro atoms. The van der Waals surface area contributed by atoms with Gasteiger partial charge >= 0.3 is 0 Å². The summed E-state index contributed by atoms with van der Waals surface area (Å²) in [6.07, 6.45) is 10.3. The summed E-state index contributed by atoms with van der Waals surface area (Å²) < 4.78 is 1.49. The molecule has 2 heterocycles. The summed E-state index contributed by atoms with van der Waals surface area (Å²) in [5.74, 6) is -0.319. The highest BCUT2D eigenvalue weighted by molar-refractivity contribution is 5.93. The van der Waals surface area contributed by atoms with E-state index >= 15 is 0 Å². The van der Waals surface area contributed by atoms with E-state index in [1.807, 2.05) is 19.9 Å². The van der Waals surface area contributed by atoms with Crippen LogP contribution in [0.15, 0.2) is 53.6 Å². The van der Waals surface area contributed by atoms with E-state index in [1.165, 1.54) is 23.6 Å². The summed E-state index contributed by atoms with van der Waals surface area (Å²) >= 11 is 0. The lowest BCUT2D eigenvalue weighted by molar-refractivity contribution is -0.119. The van der Waals surface area contributed by atoms with Crippen LogP contribution in [-0.4, -0.2) is 27.9 Å². The molecule has 2 aromatic heterocycles. The number of nitrogens with one attached hydrogen (secondary N) is 2. The lowest BCUT2D eigenvalue weighted by atomic mass is 10.2. The zero-order valence-corrected chi connectivity index (χ0v) is 19.0. The van der Waals surface area contributed by atoms with Gasteiger partial charge in [-0.05, 0) is 30.5 Å². The average molecular weight is 427 g/mol. The summed E-state index contributed by atoms with van der Waals surface area (Å²) in [6, 6.07) is 6.59. The Morgan fingerprint density at radius 1 is 1.06 bits per heavy atom. The minimum atomic E-state index is -0.202. The van der Waals surface area contributed by atoms with Crippen molar-refractivity contribution in [1.82, 2.24) is 20.2 Å². The maximum Gasteiger partial charge on any atom is 0.252 e. The van der Waals surface area contributed by atoms with Crippen molar-refractivity contribution >= 4 is 11.8 Å². The molecule has 7 nitrogen and oxygen atoms in total. The van der Waals surface area contributed by atoms with Crippen LogP contribution in [0.4, 0.5) is 0 Å². The Balaban J connectivity index is 0.00000233. The first kappa shape index (κ1) is 25.8. The molecule has 2 aromatic rings. The van der Waals surface area contributed by atoms with Gasteiger partial charge in [0.25, 0.3) is 11.5 Å². The number of hydrogen-bond acceptors (Lipinski definition) is 4. The lowest BCUT2D eigenvalue weighted by Gasteiger charge is -2.09. The second-order valence-electron chi connectivity index (χ2n) is 6.76. The first-order valence-electron chi connectivity index (χ1n) is 10.8. The van der Waals surface area contributed by atoms with E-state index in [0.29, 0.717) is 25.2 Å². The molecule has 2 rings (SSSR count). The predicted octanol–water partition coefficient (Wildman–Crippen LogP) is 3.43. The molecule has 0 fully saturated rings. The number of pyridine rings is 2. The van der Waals surface area contributed by atoms with Crippen molar-refractivity contribution in [3.8, 4) is 0 Å². The number of aromatic nitrogens is 2. The molecule has 0 aromatic carbocycles. The average Bonchev–Trinajstić information content (AvgIpc) is 2.78. The van der Waals surface area contributed by atoms with Crippen LogP contribution in [0.25, 0.3) is 0 Å². The molecule has 168 valence electrons. The van der Waals surface area contributed by atoms with Gasteiger partial charge in [-0.25, -0.2) is 0 Å². The summed E-state index contributed by atoms with van der Waals surface area (Å²) in [5.41, 5.74) is 1.82. The number of allylic oxidation sites excluding steroid dienone is 1. The van der Waals surface area contributed by atoms with E-state index in [-0.39, 0.29) is 17.4 Å². The fourth-order valence-corrected chi connectivity index (χ4v) is 2.63. The standard InChI is InChI=1S/C22H28N4O3.C2H6/c1-3-4-5-6-7-12-23-22(29)19-9-11-21(28)26(16-19)15-18-8-10-20(25-13-18)14-24-17(2)27;1-2/h5-6,8-11,13,16H,3-4,7,12,14-15H2,1-2H3,(H,23,29)(H,24,27);1-2H3/b6-5-;. The minimum absolute atomic E-state index is 0.116. The van der Waals surface area contributed by atoms with E-state index in [4.69, 9.17) is 0 Å². The third kappa shape index (κ3) is 9.89. The Hall–Kier alpha value is -3.22. The van der Waals surface area contributed by atoms with E-state index < -0.39 is 0 Å². The van der Waals surface area contributed by atoms with Gasteiger partial charge in [0.2, 0.25) is 5.91 Å². The van der Waals surface area contributed by atoms with Gasteiger partial charge in [-0.15, -0.1) is 0 Å². The lowest BCUT2D eigenvalue weighted by Crippen LogP contribution is -2.27. The second-order valence-corrected chi connectivity index (χ2v) is 6.76. The van der Waals surface area contributed by atoms with Crippen LogP contribution in [-0.2, 0) is 17.9 Å². The highest BCUT2D eigenvalue weighted by Crippen LogP contribution is 2.04. The molecule has 7 heteroatoms. The Morgan fingerprint density at radius 2 is 1.81 bits per heavy atom. The molecule has 0 saturated carbocycles. The number of amides is 2. The number of carbonyl (C=O) groups is 2. The number of rotatable bonds is 10. The highest BCUT2D eigenvalue weighted by atomic mass is 16.2. The molecule has 0 bridgehead atoms. The zero-order valence-electron chi connectivity index (χ0n) is 19.0. The van der Waals surface area contributed by atoms with Gasteiger partial charge < -0.3 is 15.2 Å². The minimum Gasteiger partial charge on any atom is -0.352 e. The van der Waals surface area contributed by atoms with Crippen LogP contribution in [0.5, 0.6) is 0 Å². The monoisotopic (exact) mass is 426 g/mol. The Bertz CT molecular complexity index is 902. The number of carbonyl (C=O) groups excluding carboxylic acids is 2. The summed E-state index contributed by atoms with van der Waals surface area (Å²) in [7, 11) is 0. The molecule has 0 radical (unpaired) electrons. The summed E-state index contributed by atoms with van der Waals surface area (Å²) in [4.78, 5) is 39.7. The Kier molecular flexibility index (Phi) is 12.3. The first-order chi connectivity index (χ1) is 15.0. The highest BCUT2D eigenvalue weighted by Gasteiger charge is 2.08. The molecule has 2 amide bonds. The van der Waals surface area contributed by atoms with Crippen molar-refractivity contribution in [3.05, 3.63) is 76.0 Å². The molecule has 31 heavy (non-hydrogen) atoms. The van der Waals surface area contributed by atoms with Crippen molar-refractivity contribution < 1.29 is 9.59 Å². The fraction of sp³-hybridized carbons (Fsp3) is 0.417. The smallest absolute Gasteiger partial charge is 0.252 e. The zero-order chi connectivity index (χ0) is 23.1. The SMILES string of the molecule is CC.CCC/C=C\CCNC(=O)c1ccc(=O)n(Cc2ccc(CNC(C)=O)nc2)c1. The second kappa shape index (κ2) is 14.7. The number of unbranched alkanes of at least 4 members (excludes halogenated alkanes) is 1. The van der Waals surface area contributed by atoms with E-state index in [1.54, 1.807) is 18.5 Å². The van der Waals surface area contributed by atoms with Crippen LogP contribution in [0.3, 0.4) is 0 Å². The quantitative estimate of drug-likeness (QED) is 0.450. The van der Waals surface area contributed by atoms with E-state index in [0.717, 1.165) is 30.5 Å². The number of nitrogens with zero attached hydrogens (tertiary/aromatic N) is 2. The summed E-state index contributed by atoms with van der Waals surface area (Å²) in [6.45, 7) is 8.80. The van der Waals surface area contributed by atoms with Crippen LogP contribution >= 0.6 is 0 Å². The van der Waals surface area contributed by atoms with Crippen molar-refractivity contribution in [1.29, 1.82) is 0 Å². The summed E-state index contributed by atoms with van der Waals surface area (Å²) in [5, 5.41) is 5.55. The van der Waals surface area contributed by atoms with Gasteiger partial charge in [0, 0.05) is 31.9 Å². The van der Waals surface area contributed by atoms with E-state index in [9.17, 15) is 14.4 Å². The Labute approximate surface area is 184 Å². The molecule has 0 aliphatic heterocycles. The first-order valence-corrected chi connectivity index (χ1v) is 10.8. The largest absolute Gasteiger partial charge is 0.352 e. The van der Waals surface area contributed by atoms with Crippen molar-refractivity contribution in [2.75, 3.05) is 6.54 Å². The molecule has 0 atom stereocenters. The molecule has 0 saturated heterocycles. The van der Waals surface area contributed by atoms with Crippen molar-refractivity contribution in [2.24, 2.45) is 0 Å². The van der Waals surface area contributed by atoms with Crippen LogP contribution < -0.4 is 16.2 Å². The van der Waals surface area contributed by atoms with Gasteiger partial charge in [0.1, 0.15) is 0 Å². The molecular weight excluding hydrogens is 392 g/mol. The maximum atomic E-state index is 12.3. The van der Waals surface area contributed by atoms with Gasteiger partial charge in [-0.1, -0.05) is 45.4 Å². The van der Waals surface area contributed by atoms with Crippen LogP contribution in [0, 0.1) is 0 Å². The maximum absolute atomic E-state index is 12.3. The number of hydrogen-bond donors (Lipinski definition) is 2. The Morgan fingerprint density at radius 3 is 2.45 bits per heavy atom. The van der Waals surface area contributed by atoms with Gasteiger partial charge in [-0.2, -0.15) is 0 Å². The van der Waals surface area contributed by atoms with Crippen LogP contribution in [0.1, 0.15) is 68.6 Å². The van der Waals surface area contributed by atoms with Gasteiger partial charge in [-0.3, -0.25) is 19.4 Å².